The monoisotopic (exact) mass is 254 g/mol. The van der Waals surface area contributed by atoms with Gasteiger partial charge in [0.2, 0.25) is 5.91 Å². The van der Waals surface area contributed by atoms with E-state index in [0.29, 0.717) is 18.5 Å². The van der Waals surface area contributed by atoms with Gasteiger partial charge in [0.15, 0.2) is 0 Å². The molecule has 0 radical (unpaired) electrons. The summed E-state index contributed by atoms with van der Waals surface area (Å²) in [5.74, 6) is 0.854. The molecular weight excluding hydrogens is 224 g/mol. The molecule has 106 valence electrons. The van der Waals surface area contributed by atoms with Gasteiger partial charge in [0.25, 0.3) is 0 Å². The lowest BCUT2D eigenvalue weighted by Gasteiger charge is -2.23. The molecule has 1 aliphatic rings. The van der Waals surface area contributed by atoms with Crippen LogP contribution in [0.15, 0.2) is 0 Å². The topological polar surface area (TPSA) is 55.1 Å². The van der Waals surface area contributed by atoms with Crippen molar-refractivity contribution in [1.29, 1.82) is 0 Å². The van der Waals surface area contributed by atoms with Crippen LogP contribution in [0.2, 0.25) is 0 Å². The maximum Gasteiger partial charge on any atom is 0.223 e. The van der Waals surface area contributed by atoms with Crippen molar-refractivity contribution in [1.82, 2.24) is 5.32 Å². The van der Waals surface area contributed by atoms with Gasteiger partial charge in [-0.2, -0.15) is 0 Å². The summed E-state index contributed by atoms with van der Waals surface area (Å²) in [6.07, 6.45) is 9.08. The molecule has 3 unspecified atom stereocenters. The lowest BCUT2D eigenvalue weighted by Crippen LogP contribution is -2.41. The Labute approximate surface area is 112 Å². The van der Waals surface area contributed by atoms with Crippen molar-refractivity contribution in [3.05, 3.63) is 0 Å². The van der Waals surface area contributed by atoms with Crippen LogP contribution < -0.4 is 11.1 Å². The van der Waals surface area contributed by atoms with Crippen LogP contribution in [0.1, 0.15) is 65.2 Å². The maximum absolute atomic E-state index is 12.3. The zero-order valence-electron chi connectivity index (χ0n) is 12.1. The van der Waals surface area contributed by atoms with Crippen molar-refractivity contribution >= 4 is 5.91 Å². The van der Waals surface area contributed by atoms with E-state index in [-0.39, 0.29) is 11.8 Å². The molecule has 0 aliphatic heterocycles. The van der Waals surface area contributed by atoms with Crippen molar-refractivity contribution in [3.8, 4) is 0 Å². The van der Waals surface area contributed by atoms with E-state index in [1.54, 1.807) is 0 Å². The first kappa shape index (κ1) is 15.5. The average Bonchev–Trinajstić information content (AvgIpc) is 2.84. The van der Waals surface area contributed by atoms with Gasteiger partial charge < -0.3 is 11.1 Å². The van der Waals surface area contributed by atoms with Gasteiger partial charge in [-0.15, -0.1) is 0 Å². The van der Waals surface area contributed by atoms with E-state index >= 15 is 0 Å². The molecule has 0 saturated heterocycles. The molecule has 1 amide bonds. The van der Waals surface area contributed by atoms with E-state index in [0.717, 1.165) is 38.5 Å². The van der Waals surface area contributed by atoms with Crippen LogP contribution in [0.3, 0.4) is 0 Å². The summed E-state index contributed by atoms with van der Waals surface area (Å²) in [7, 11) is 0. The number of unbranched alkanes of at least 4 members (excludes halogenated alkanes) is 1. The van der Waals surface area contributed by atoms with E-state index in [4.69, 9.17) is 5.73 Å². The Kier molecular flexibility index (Phi) is 7.33. The zero-order valence-corrected chi connectivity index (χ0v) is 12.1. The third-order valence-corrected chi connectivity index (χ3v) is 4.19. The molecule has 3 heteroatoms. The summed E-state index contributed by atoms with van der Waals surface area (Å²) in [4.78, 5) is 12.3. The minimum absolute atomic E-state index is 0.177. The van der Waals surface area contributed by atoms with Gasteiger partial charge in [0.1, 0.15) is 0 Å². The molecule has 0 spiro atoms. The molecule has 1 aliphatic carbocycles. The first-order valence-corrected chi connectivity index (χ1v) is 7.73. The van der Waals surface area contributed by atoms with Crippen LogP contribution in [0, 0.1) is 11.8 Å². The molecule has 1 saturated carbocycles. The summed E-state index contributed by atoms with van der Waals surface area (Å²) >= 11 is 0. The predicted octanol–water partition coefficient (Wildman–Crippen LogP) is 2.84. The Balaban J connectivity index is 2.43. The molecule has 3 nitrogen and oxygen atoms in total. The third-order valence-electron chi connectivity index (χ3n) is 4.19. The van der Waals surface area contributed by atoms with Crippen LogP contribution >= 0.6 is 0 Å². The Hall–Kier alpha value is -0.570. The lowest BCUT2D eigenvalue weighted by atomic mass is 9.94. The number of amides is 1. The summed E-state index contributed by atoms with van der Waals surface area (Å²) in [5, 5.41) is 3.26. The van der Waals surface area contributed by atoms with E-state index < -0.39 is 0 Å². The van der Waals surface area contributed by atoms with Crippen molar-refractivity contribution in [3.63, 3.8) is 0 Å². The van der Waals surface area contributed by atoms with Crippen LogP contribution in [0.5, 0.6) is 0 Å². The summed E-state index contributed by atoms with van der Waals surface area (Å²) in [6, 6.07) is 0.376. The smallest absolute Gasteiger partial charge is 0.223 e. The number of carbonyl (C=O) groups is 1. The quantitative estimate of drug-likeness (QED) is 0.700. The molecule has 0 aromatic rings. The Bertz CT molecular complexity index is 243. The number of hydrogen-bond acceptors (Lipinski definition) is 2. The number of hydrogen-bond donors (Lipinski definition) is 2. The number of nitrogens with one attached hydrogen (secondary N) is 1. The highest BCUT2D eigenvalue weighted by molar-refractivity contribution is 5.79. The van der Waals surface area contributed by atoms with Crippen LogP contribution in [0.25, 0.3) is 0 Å². The minimum atomic E-state index is 0.177. The molecular formula is C15H30N2O. The number of carbonyl (C=O) groups excluding carboxylic acids is 1. The second-order valence-electron chi connectivity index (χ2n) is 5.67. The van der Waals surface area contributed by atoms with E-state index in [9.17, 15) is 4.79 Å². The Morgan fingerprint density at radius 3 is 2.67 bits per heavy atom. The fourth-order valence-corrected chi connectivity index (χ4v) is 3.06. The second kappa shape index (κ2) is 8.52. The van der Waals surface area contributed by atoms with Crippen molar-refractivity contribution < 1.29 is 4.79 Å². The molecule has 3 atom stereocenters. The van der Waals surface area contributed by atoms with Gasteiger partial charge in [0.05, 0.1) is 0 Å². The Morgan fingerprint density at radius 2 is 2.06 bits per heavy atom. The molecule has 0 heterocycles. The van der Waals surface area contributed by atoms with E-state index in [1.165, 1.54) is 12.8 Å². The summed E-state index contributed by atoms with van der Waals surface area (Å²) in [5.41, 5.74) is 5.75. The summed E-state index contributed by atoms with van der Waals surface area (Å²) < 4.78 is 0. The van der Waals surface area contributed by atoms with E-state index in [1.807, 2.05) is 0 Å². The maximum atomic E-state index is 12.3. The first-order chi connectivity index (χ1) is 8.72. The van der Waals surface area contributed by atoms with Crippen LogP contribution in [-0.2, 0) is 4.79 Å². The molecule has 18 heavy (non-hydrogen) atoms. The molecule has 0 bridgehead atoms. The van der Waals surface area contributed by atoms with Gasteiger partial charge in [-0.05, 0) is 38.1 Å². The molecule has 0 aromatic heterocycles. The van der Waals surface area contributed by atoms with Gasteiger partial charge in [-0.3, -0.25) is 4.79 Å². The minimum Gasteiger partial charge on any atom is -0.353 e. The largest absolute Gasteiger partial charge is 0.353 e. The van der Waals surface area contributed by atoms with Gasteiger partial charge in [0, 0.05) is 12.0 Å². The predicted molar refractivity (Wildman–Crippen MR) is 76.2 cm³/mol. The van der Waals surface area contributed by atoms with Gasteiger partial charge in [-0.25, -0.2) is 0 Å². The first-order valence-electron chi connectivity index (χ1n) is 7.73. The second-order valence-corrected chi connectivity index (χ2v) is 5.67. The van der Waals surface area contributed by atoms with Gasteiger partial charge >= 0.3 is 0 Å². The third kappa shape index (κ3) is 4.60. The van der Waals surface area contributed by atoms with Crippen molar-refractivity contribution in [2.45, 2.75) is 71.3 Å². The molecule has 3 N–H and O–H groups in total. The molecule has 0 aromatic carbocycles. The fraction of sp³-hybridized carbons (Fsp3) is 0.933. The standard InChI is InChI=1S/C15H30N2O/c1-3-5-9-13(7-4-2)17-15(18)14-10-6-8-12(14)11-16/h12-14H,3-11,16H2,1-2H3,(H,17,18). The summed E-state index contributed by atoms with van der Waals surface area (Å²) in [6.45, 7) is 5.04. The molecule has 1 rings (SSSR count). The van der Waals surface area contributed by atoms with Crippen molar-refractivity contribution in [2.24, 2.45) is 17.6 Å². The Morgan fingerprint density at radius 1 is 1.28 bits per heavy atom. The highest BCUT2D eigenvalue weighted by atomic mass is 16.2. The fourth-order valence-electron chi connectivity index (χ4n) is 3.06. The molecule has 1 fully saturated rings. The van der Waals surface area contributed by atoms with Crippen LogP contribution in [0.4, 0.5) is 0 Å². The van der Waals surface area contributed by atoms with Gasteiger partial charge in [-0.1, -0.05) is 39.5 Å². The van der Waals surface area contributed by atoms with Crippen molar-refractivity contribution in [2.75, 3.05) is 6.54 Å². The highest BCUT2D eigenvalue weighted by Gasteiger charge is 2.32. The average molecular weight is 254 g/mol. The SMILES string of the molecule is CCCCC(CCC)NC(=O)C1CCCC1CN. The highest BCUT2D eigenvalue weighted by Crippen LogP contribution is 2.31. The lowest BCUT2D eigenvalue weighted by molar-refractivity contribution is -0.126. The normalized spacial score (nSPS) is 25.1. The van der Waals surface area contributed by atoms with E-state index in [2.05, 4.69) is 19.2 Å². The number of rotatable bonds is 8. The zero-order chi connectivity index (χ0) is 13.4. The number of nitrogens with two attached hydrogens (primary N) is 1. The van der Waals surface area contributed by atoms with Crippen LogP contribution in [-0.4, -0.2) is 18.5 Å².